The molecule has 2 aliphatic rings. The first-order valence-electron chi connectivity index (χ1n) is 7.50. The van der Waals surface area contributed by atoms with E-state index in [1.807, 2.05) is 0 Å². The summed E-state index contributed by atoms with van der Waals surface area (Å²) >= 11 is 5.17. The van der Waals surface area contributed by atoms with Gasteiger partial charge in [0, 0.05) is 17.8 Å². The Bertz CT molecular complexity index is 420. The number of thiocarbonyl (C=S) groups is 1. The first kappa shape index (κ1) is 16.5. The maximum Gasteiger partial charge on any atom is 0.414 e. The fourth-order valence-electron chi connectivity index (χ4n) is 3.04. The number of halogens is 3. The van der Waals surface area contributed by atoms with Gasteiger partial charge in [-0.2, -0.15) is 13.2 Å². The van der Waals surface area contributed by atoms with E-state index in [0.29, 0.717) is 12.8 Å². The Morgan fingerprint density at radius 1 is 1.10 bits per heavy atom. The lowest BCUT2D eigenvalue weighted by Crippen LogP contribution is -2.52. The van der Waals surface area contributed by atoms with E-state index < -0.39 is 11.7 Å². The molecule has 0 spiro atoms. The average Bonchev–Trinajstić information content (AvgIpc) is 2.41. The van der Waals surface area contributed by atoms with E-state index in [-0.39, 0.29) is 29.3 Å². The van der Waals surface area contributed by atoms with Crippen LogP contribution in [-0.4, -0.2) is 23.4 Å². The average molecular weight is 321 g/mol. The van der Waals surface area contributed by atoms with Crippen LogP contribution in [0.25, 0.3) is 0 Å². The van der Waals surface area contributed by atoms with Crippen LogP contribution in [0.5, 0.6) is 0 Å². The van der Waals surface area contributed by atoms with Gasteiger partial charge in [0.15, 0.2) is 5.11 Å². The normalized spacial score (nSPS) is 27.4. The molecule has 0 heterocycles. The molecule has 1 saturated carbocycles. The van der Waals surface area contributed by atoms with E-state index in [2.05, 4.69) is 10.6 Å². The van der Waals surface area contributed by atoms with Crippen LogP contribution in [0, 0.1) is 0 Å². The van der Waals surface area contributed by atoms with Crippen molar-refractivity contribution < 1.29 is 13.2 Å². The molecule has 0 radical (unpaired) electrons. The zero-order valence-electron chi connectivity index (χ0n) is 11.9. The zero-order chi connectivity index (χ0) is 15.5. The van der Waals surface area contributed by atoms with Crippen molar-refractivity contribution in [1.29, 1.82) is 0 Å². The van der Waals surface area contributed by atoms with Crippen LogP contribution in [0.4, 0.5) is 13.2 Å². The smallest absolute Gasteiger partial charge is 0.358 e. The van der Waals surface area contributed by atoms with Gasteiger partial charge < -0.3 is 16.4 Å². The van der Waals surface area contributed by atoms with Crippen molar-refractivity contribution in [2.75, 3.05) is 0 Å². The highest BCUT2D eigenvalue weighted by Crippen LogP contribution is 2.36. The van der Waals surface area contributed by atoms with Gasteiger partial charge in [-0.3, -0.25) is 0 Å². The highest BCUT2D eigenvalue weighted by molar-refractivity contribution is 7.80. The standard InChI is InChI=1S/C14H22F3N3S/c15-14(16,17)9-5-1-3-7-11(9)19-13(21)20-12-8-4-2-6-10(12)18/h10,12H,1-8,18H2,(H2,19,20,21). The van der Waals surface area contributed by atoms with Crippen LogP contribution in [0.1, 0.15) is 51.4 Å². The summed E-state index contributed by atoms with van der Waals surface area (Å²) in [6.07, 6.45) is 1.53. The predicted octanol–water partition coefficient (Wildman–Crippen LogP) is 3.11. The topological polar surface area (TPSA) is 50.1 Å². The Kier molecular flexibility index (Phi) is 5.48. The molecular weight excluding hydrogens is 299 g/mol. The van der Waals surface area contributed by atoms with Gasteiger partial charge in [-0.1, -0.05) is 12.8 Å². The molecular formula is C14H22F3N3S. The summed E-state index contributed by atoms with van der Waals surface area (Å²) < 4.78 is 38.9. The minimum atomic E-state index is -4.28. The summed E-state index contributed by atoms with van der Waals surface area (Å²) in [5, 5.41) is 6.11. The molecule has 4 N–H and O–H groups in total. The molecule has 0 aromatic heterocycles. The monoisotopic (exact) mass is 321 g/mol. The van der Waals surface area contributed by atoms with Gasteiger partial charge in [-0.15, -0.1) is 0 Å². The third kappa shape index (κ3) is 4.57. The van der Waals surface area contributed by atoms with Crippen LogP contribution >= 0.6 is 12.2 Å². The van der Waals surface area contributed by atoms with Crippen LogP contribution in [0.15, 0.2) is 11.3 Å². The van der Waals surface area contributed by atoms with Gasteiger partial charge in [-0.25, -0.2) is 0 Å². The summed E-state index contributed by atoms with van der Waals surface area (Å²) in [4.78, 5) is 0. The molecule has 120 valence electrons. The van der Waals surface area contributed by atoms with Crippen molar-refractivity contribution in [2.45, 2.75) is 69.6 Å². The number of hydrogen-bond acceptors (Lipinski definition) is 2. The number of alkyl halides is 3. The molecule has 0 bridgehead atoms. The van der Waals surface area contributed by atoms with Crippen LogP contribution < -0.4 is 16.4 Å². The van der Waals surface area contributed by atoms with E-state index in [9.17, 15) is 13.2 Å². The van der Waals surface area contributed by atoms with Crippen molar-refractivity contribution >= 4 is 17.3 Å². The van der Waals surface area contributed by atoms with E-state index >= 15 is 0 Å². The van der Waals surface area contributed by atoms with Crippen molar-refractivity contribution in [2.24, 2.45) is 5.73 Å². The van der Waals surface area contributed by atoms with Crippen LogP contribution in [0.2, 0.25) is 0 Å². The third-order valence-corrected chi connectivity index (χ3v) is 4.43. The summed E-state index contributed by atoms with van der Waals surface area (Å²) in [7, 11) is 0. The second-order valence-electron chi connectivity index (χ2n) is 5.82. The molecule has 2 unspecified atom stereocenters. The second-order valence-corrected chi connectivity index (χ2v) is 6.22. The Labute approximate surface area is 128 Å². The zero-order valence-corrected chi connectivity index (χ0v) is 12.7. The molecule has 2 aliphatic carbocycles. The molecule has 0 aromatic rings. The third-order valence-electron chi connectivity index (χ3n) is 4.21. The number of nitrogens with one attached hydrogen (secondary N) is 2. The van der Waals surface area contributed by atoms with Gasteiger partial charge in [0.05, 0.1) is 5.57 Å². The Morgan fingerprint density at radius 3 is 2.43 bits per heavy atom. The Balaban J connectivity index is 1.98. The lowest BCUT2D eigenvalue weighted by molar-refractivity contribution is -0.0961. The first-order chi connectivity index (χ1) is 9.88. The molecule has 0 aliphatic heterocycles. The summed E-state index contributed by atoms with van der Waals surface area (Å²) in [6.45, 7) is 0. The molecule has 7 heteroatoms. The van der Waals surface area contributed by atoms with Gasteiger partial charge in [-0.05, 0) is 50.7 Å². The Morgan fingerprint density at radius 2 is 1.76 bits per heavy atom. The maximum atomic E-state index is 13.0. The minimum Gasteiger partial charge on any atom is -0.358 e. The van der Waals surface area contributed by atoms with E-state index in [1.165, 1.54) is 0 Å². The van der Waals surface area contributed by atoms with E-state index in [0.717, 1.165) is 32.1 Å². The van der Waals surface area contributed by atoms with Crippen LogP contribution in [0.3, 0.4) is 0 Å². The van der Waals surface area contributed by atoms with Crippen molar-refractivity contribution in [3.05, 3.63) is 11.3 Å². The minimum absolute atomic E-state index is 0.0147. The van der Waals surface area contributed by atoms with Crippen molar-refractivity contribution in [3.8, 4) is 0 Å². The fourth-order valence-corrected chi connectivity index (χ4v) is 3.31. The number of hydrogen-bond donors (Lipinski definition) is 3. The van der Waals surface area contributed by atoms with E-state index in [4.69, 9.17) is 18.0 Å². The number of allylic oxidation sites excluding steroid dienone is 2. The van der Waals surface area contributed by atoms with Crippen molar-refractivity contribution in [3.63, 3.8) is 0 Å². The van der Waals surface area contributed by atoms with Gasteiger partial charge in [0.25, 0.3) is 0 Å². The molecule has 0 aromatic carbocycles. The largest absolute Gasteiger partial charge is 0.414 e. The molecule has 0 saturated heterocycles. The lowest BCUT2D eigenvalue weighted by Gasteiger charge is -2.31. The lowest BCUT2D eigenvalue weighted by atomic mass is 9.91. The molecule has 21 heavy (non-hydrogen) atoms. The number of rotatable bonds is 2. The molecule has 0 amide bonds. The molecule has 2 rings (SSSR count). The second kappa shape index (κ2) is 6.96. The van der Waals surface area contributed by atoms with Gasteiger partial charge >= 0.3 is 6.18 Å². The SMILES string of the molecule is NC1CCCCC1NC(=S)NC1=C(C(F)(F)F)CCCC1. The summed E-state index contributed by atoms with van der Waals surface area (Å²) in [5.41, 5.74) is 5.77. The highest BCUT2D eigenvalue weighted by atomic mass is 32.1. The van der Waals surface area contributed by atoms with E-state index in [1.54, 1.807) is 0 Å². The number of nitrogens with two attached hydrogens (primary N) is 1. The van der Waals surface area contributed by atoms with Gasteiger partial charge in [0.2, 0.25) is 0 Å². The molecule has 2 atom stereocenters. The quantitative estimate of drug-likeness (QED) is 0.684. The summed E-state index contributed by atoms with van der Waals surface area (Å²) in [5.74, 6) is 0. The van der Waals surface area contributed by atoms with Gasteiger partial charge in [0.1, 0.15) is 0 Å². The predicted molar refractivity (Wildman–Crippen MR) is 80.6 cm³/mol. The Hall–Kier alpha value is -0.820. The molecule has 3 nitrogen and oxygen atoms in total. The first-order valence-corrected chi connectivity index (χ1v) is 7.91. The van der Waals surface area contributed by atoms with Crippen LogP contribution in [-0.2, 0) is 0 Å². The molecule has 1 fully saturated rings. The fraction of sp³-hybridized carbons (Fsp3) is 0.786. The maximum absolute atomic E-state index is 13.0. The summed E-state index contributed by atoms with van der Waals surface area (Å²) in [6, 6.07) is 0.0678. The highest BCUT2D eigenvalue weighted by Gasteiger charge is 2.37. The van der Waals surface area contributed by atoms with Crippen molar-refractivity contribution in [1.82, 2.24) is 10.6 Å².